The van der Waals surface area contributed by atoms with Gasteiger partial charge in [0.1, 0.15) is 6.07 Å². The lowest BCUT2D eigenvalue weighted by molar-refractivity contribution is 1.17. The van der Waals surface area contributed by atoms with E-state index in [0.29, 0.717) is 16.7 Å². The van der Waals surface area contributed by atoms with Crippen LogP contribution < -0.4 is 0 Å². The summed E-state index contributed by atoms with van der Waals surface area (Å²) in [5.74, 6) is 0. The monoisotopic (exact) mass is 635 g/mol. The summed E-state index contributed by atoms with van der Waals surface area (Å²) in [6, 6.07) is 57.7. The number of hydrogen-bond acceptors (Lipinski definition) is 3. The van der Waals surface area contributed by atoms with Crippen LogP contribution in [0.3, 0.4) is 0 Å². The van der Waals surface area contributed by atoms with Gasteiger partial charge in [-0.15, -0.1) is 0 Å². The zero-order chi connectivity index (χ0) is 33.8. The van der Waals surface area contributed by atoms with Crippen molar-refractivity contribution in [3.8, 4) is 51.8 Å². The van der Waals surface area contributed by atoms with E-state index >= 15 is 0 Å². The maximum absolute atomic E-state index is 10.8. The molecule has 0 bridgehead atoms. The third-order valence-corrected chi connectivity index (χ3v) is 9.58. The van der Waals surface area contributed by atoms with Crippen molar-refractivity contribution in [2.24, 2.45) is 0 Å². The van der Waals surface area contributed by atoms with E-state index in [0.717, 1.165) is 77.2 Å². The Morgan fingerprint density at radius 1 is 0.360 bits per heavy atom. The lowest BCUT2D eigenvalue weighted by Gasteiger charge is -2.17. The van der Waals surface area contributed by atoms with E-state index < -0.39 is 0 Å². The van der Waals surface area contributed by atoms with Crippen LogP contribution >= 0.6 is 0 Å². The van der Waals surface area contributed by atoms with Crippen LogP contribution in [0.1, 0.15) is 16.7 Å². The molecule has 7 aromatic carbocycles. The predicted octanol–water partition coefficient (Wildman–Crippen LogP) is 10.8. The summed E-state index contributed by atoms with van der Waals surface area (Å²) in [5.41, 5.74) is 10.6. The second-order valence-electron chi connectivity index (χ2n) is 12.3. The number of fused-ring (bicyclic) bond motifs is 6. The fourth-order valence-corrected chi connectivity index (χ4v) is 7.43. The minimum absolute atomic E-state index is 0.476. The second-order valence-corrected chi connectivity index (χ2v) is 12.3. The van der Waals surface area contributed by atoms with Crippen molar-refractivity contribution in [1.29, 1.82) is 15.8 Å². The number of aromatic nitrogens is 2. The van der Waals surface area contributed by atoms with Crippen LogP contribution in [0.2, 0.25) is 0 Å². The molecule has 0 fully saturated rings. The zero-order valence-electron chi connectivity index (χ0n) is 26.7. The number of nitriles is 3. The maximum Gasteiger partial charge on any atom is 0.100 e. The summed E-state index contributed by atoms with van der Waals surface area (Å²) in [5, 5.41) is 35.1. The van der Waals surface area contributed by atoms with E-state index in [9.17, 15) is 15.8 Å². The molecule has 0 aliphatic heterocycles. The molecule has 2 heterocycles. The zero-order valence-corrected chi connectivity index (χ0v) is 26.7. The van der Waals surface area contributed by atoms with E-state index in [2.05, 4.69) is 94.1 Å². The number of para-hydroxylation sites is 3. The van der Waals surface area contributed by atoms with Gasteiger partial charge in [-0.2, -0.15) is 15.8 Å². The second kappa shape index (κ2) is 11.4. The Balaban J connectivity index is 1.37. The van der Waals surface area contributed by atoms with Crippen LogP contribution in [-0.4, -0.2) is 9.13 Å². The SMILES string of the molecule is N#Cc1cc(-c2cc(-n3c4ccccc4c4ccccc43)cc(-c3ccccc3)c2C#N)cc(-n2c3ccccc3c3cc(C#N)ccc32)c1. The number of rotatable bonds is 4. The van der Waals surface area contributed by atoms with Gasteiger partial charge in [0.25, 0.3) is 0 Å². The van der Waals surface area contributed by atoms with Gasteiger partial charge in [0, 0.05) is 44.0 Å². The quantitative estimate of drug-likeness (QED) is 0.193. The van der Waals surface area contributed by atoms with Gasteiger partial charge in [-0.3, -0.25) is 0 Å². The molecule has 5 heteroatoms. The molecule has 0 N–H and O–H groups in total. The molecule has 230 valence electrons. The molecule has 0 aliphatic rings. The van der Waals surface area contributed by atoms with Gasteiger partial charge in [-0.25, -0.2) is 0 Å². The highest BCUT2D eigenvalue weighted by Gasteiger charge is 2.20. The summed E-state index contributed by atoms with van der Waals surface area (Å²) in [6.45, 7) is 0. The summed E-state index contributed by atoms with van der Waals surface area (Å²) >= 11 is 0. The largest absolute Gasteiger partial charge is 0.309 e. The highest BCUT2D eigenvalue weighted by atomic mass is 15.0. The Bertz CT molecular complexity index is 2910. The third-order valence-electron chi connectivity index (χ3n) is 9.58. The molecule has 0 saturated carbocycles. The van der Waals surface area contributed by atoms with Gasteiger partial charge in [-0.1, -0.05) is 84.9 Å². The fraction of sp³-hybridized carbons (Fsp3) is 0. The van der Waals surface area contributed by atoms with Crippen molar-refractivity contribution in [3.05, 3.63) is 168 Å². The van der Waals surface area contributed by atoms with Gasteiger partial charge in [-0.05, 0) is 77.9 Å². The molecule has 0 aliphatic carbocycles. The molecular formula is C45H25N5. The van der Waals surface area contributed by atoms with Crippen molar-refractivity contribution in [2.45, 2.75) is 0 Å². The average Bonchev–Trinajstić information content (AvgIpc) is 3.70. The first-order valence-corrected chi connectivity index (χ1v) is 16.3. The van der Waals surface area contributed by atoms with Crippen LogP contribution in [0.25, 0.3) is 77.2 Å². The topological polar surface area (TPSA) is 81.2 Å². The number of benzene rings is 7. The third kappa shape index (κ3) is 4.38. The number of nitrogens with zero attached hydrogens (tertiary/aromatic N) is 5. The van der Waals surface area contributed by atoms with Crippen LogP contribution in [-0.2, 0) is 0 Å². The molecule has 0 atom stereocenters. The smallest absolute Gasteiger partial charge is 0.100 e. The van der Waals surface area contributed by atoms with Crippen molar-refractivity contribution >= 4 is 43.6 Å². The first-order valence-electron chi connectivity index (χ1n) is 16.3. The lowest BCUT2D eigenvalue weighted by atomic mass is 9.90. The standard InChI is InChI=1S/C45H25N5/c46-26-29-18-19-45-40(22-29)37-14-6-9-17-44(37)49(45)33-21-30(27-47)20-32(23-33)39-25-34(24-38(41(39)28-48)31-10-2-1-3-11-31)50-42-15-7-4-12-35(42)36-13-5-8-16-43(36)50/h1-25H. The Hall–Kier alpha value is -7.39. The first kappa shape index (κ1) is 28.8. The summed E-state index contributed by atoms with van der Waals surface area (Å²) in [7, 11) is 0. The highest BCUT2D eigenvalue weighted by molar-refractivity contribution is 6.10. The summed E-state index contributed by atoms with van der Waals surface area (Å²) in [6.07, 6.45) is 0. The molecule has 0 spiro atoms. The molecule has 50 heavy (non-hydrogen) atoms. The summed E-state index contributed by atoms with van der Waals surface area (Å²) < 4.78 is 4.40. The van der Waals surface area contributed by atoms with Crippen LogP contribution in [0, 0.1) is 34.0 Å². The van der Waals surface area contributed by atoms with E-state index in [-0.39, 0.29) is 0 Å². The molecule has 0 saturated heterocycles. The minimum Gasteiger partial charge on any atom is -0.309 e. The van der Waals surface area contributed by atoms with Crippen LogP contribution in [0.4, 0.5) is 0 Å². The van der Waals surface area contributed by atoms with Gasteiger partial charge in [0.05, 0.1) is 50.9 Å². The van der Waals surface area contributed by atoms with Crippen molar-refractivity contribution in [3.63, 3.8) is 0 Å². The van der Waals surface area contributed by atoms with Gasteiger partial charge < -0.3 is 9.13 Å². The Morgan fingerprint density at radius 3 is 1.44 bits per heavy atom. The van der Waals surface area contributed by atoms with Crippen LogP contribution in [0.15, 0.2) is 152 Å². The molecule has 9 aromatic rings. The van der Waals surface area contributed by atoms with E-state index in [1.54, 1.807) is 0 Å². The lowest BCUT2D eigenvalue weighted by Crippen LogP contribution is -2.00. The highest BCUT2D eigenvalue weighted by Crippen LogP contribution is 2.40. The van der Waals surface area contributed by atoms with Gasteiger partial charge >= 0.3 is 0 Å². The Labute approximate surface area is 287 Å². The Kier molecular flexibility index (Phi) is 6.56. The molecule has 9 rings (SSSR count). The van der Waals surface area contributed by atoms with Crippen molar-refractivity contribution < 1.29 is 0 Å². The molecule has 2 aromatic heterocycles. The fourth-order valence-electron chi connectivity index (χ4n) is 7.43. The normalized spacial score (nSPS) is 11.1. The number of hydrogen-bond donors (Lipinski definition) is 0. The Morgan fingerprint density at radius 2 is 0.860 bits per heavy atom. The van der Waals surface area contributed by atoms with Crippen molar-refractivity contribution in [1.82, 2.24) is 9.13 Å². The maximum atomic E-state index is 10.8. The van der Waals surface area contributed by atoms with E-state index in [4.69, 9.17) is 0 Å². The molecule has 5 nitrogen and oxygen atoms in total. The van der Waals surface area contributed by atoms with E-state index in [1.807, 2.05) is 84.9 Å². The first-order chi connectivity index (χ1) is 24.7. The van der Waals surface area contributed by atoms with Gasteiger partial charge in [0.2, 0.25) is 0 Å². The van der Waals surface area contributed by atoms with Gasteiger partial charge in [0.15, 0.2) is 0 Å². The average molecular weight is 636 g/mol. The van der Waals surface area contributed by atoms with E-state index in [1.165, 1.54) is 0 Å². The van der Waals surface area contributed by atoms with Crippen LogP contribution in [0.5, 0.6) is 0 Å². The molecule has 0 radical (unpaired) electrons. The molecular weight excluding hydrogens is 611 g/mol. The molecule has 0 amide bonds. The predicted molar refractivity (Wildman–Crippen MR) is 200 cm³/mol. The minimum atomic E-state index is 0.476. The molecule has 0 unspecified atom stereocenters. The summed E-state index contributed by atoms with van der Waals surface area (Å²) in [4.78, 5) is 0. The van der Waals surface area contributed by atoms with Crippen molar-refractivity contribution in [2.75, 3.05) is 0 Å².